The maximum Gasteiger partial charge on any atom is 0.287 e. The Morgan fingerprint density at radius 3 is 2.55 bits per heavy atom. The summed E-state index contributed by atoms with van der Waals surface area (Å²) in [6.07, 6.45) is 2.18. The van der Waals surface area contributed by atoms with Crippen molar-refractivity contribution in [3.05, 3.63) is 70.5 Å². The van der Waals surface area contributed by atoms with E-state index in [1.807, 2.05) is 18.2 Å². The van der Waals surface area contributed by atoms with Crippen LogP contribution in [0.1, 0.15) is 36.3 Å². The van der Waals surface area contributed by atoms with E-state index in [0.717, 1.165) is 12.8 Å². The van der Waals surface area contributed by atoms with Gasteiger partial charge in [-0.15, -0.1) is 0 Å². The highest BCUT2D eigenvalue weighted by Gasteiger charge is 2.33. The molecule has 0 aromatic heterocycles. The Labute approximate surface area is 185 Å². The third-order valence-electron chi connectivity index (χ3n) is 5.68. The molecule has 31 heavy (non-hydrogen) atoms. The van der Waals surface area contributed by atoms with Crippen LogP contribution in [0.2, 0.25) is 5.02 Å². The second-order valence-electron chi connectivity index (χ2n) is 7.87. The molecule has 5 N–H and O–H groups in total. The van der Waals surface area contributed by atoms with Crippen LogP contribution in [-0.2, 0) is 16.0 Å². The number of hydrogen-bond donors (Lipinski definition) is 3. The van der Waals surface area contributed by atoms with Gasteiger partial charge in [0.15, 0.2) is 5.96 Å². The van der Waals surface area contributed by atoms with Gasteiger partial charge in [0.2, 0.25) is 5.78 Å². The summed E-state index contributed by atoms with van der Waals surface area (Å²) in [5, 5.41) is 2.82. The second kappa shape index (κ2) is 10.4. The molecule has 0 aliphatic heterocycles. The Morgan fingerprint density at radius 2 is 1.87 bits per heavy atom. The number of nitrogens with zero attached hydrogens (tertiary/aromatic N) is 1. The van der Waals surface area contributed by atoms with Crippen molar-refractivity contribution < 1.29 is 14.0 Å². The van der Waals surface area contributed by atoms with Gasteiger partial charge in [0.1, 0.15) is 5.82 Å². The first-order valence-corrected chi connectivity index (χ1v) is 10.6. The van der Waals surface area contributed by atoms with Crippen molar-refractivity contribution in [1.29, 1.82) is 0 Å². The standard InChI is InChI=1S/C23H26ClFN4O2/c24-18-8-6-14(10-19(18)25)11-21(30)22(31)29-20-9-7-16(15-4-2-1-3-5-15)12-17(20)13-28-23(26)27/h1-6,8,10,16-17,20H,7,9,11-13H2,(H,29,31)(H4,26,27,28). The number of benzene rings is 2. The number of carbonyl (C=O) groups excluding carboxylic acids is 2. The van der Waals surface area contributed by atoms with Crippen LogP contribution in [0.5, 0.6) is 0 Å². The second-order valence-corrected chi connectivity index (χ2v) is 8.28. The molecule has 0 radical (unpaired) electrons. The molecular formula is C23H26ClFN4O2. The number of halogens is 2. The molecule has 3 atom stereocenters. The van der Waals surface area contributed by atoms with Gasteiger partial charge in [-0.1, -0.05) is 48.0 Å². The van der Waals surface area contributed by atoms with Gasteiger partial charge in [-0.2, -0.15) is 0 Å². The number of ketones is 1. The molecule has 1 aliphatic carbocycles. The van der Waals surface area contributed by atoms with E-state index in [9.17, 15) is 14.0 Å². The number of rotatable bonds is 7. The van der Waals surface area contributed by atoms with E-state index in [0.29, 0.717) is 24.4 Å². The van der Waals surface area contributed by atoms with Gasteiger partial charge in [-0.3, -0.25) is 14.6 Å². The zero-order valence-electron chi connectivity index (χ0n) is 17.1. The smallest absolute Gasteiger partial charge is 0.287 e. The van der Waals surface area contributed by atoms with E-state index >= 15 is 0 Å². The molecule has 1 fully saturated rings. The van der Waals surface area contributed by atoms with E-state index in [1.165, 1.54) is 23.8 Å². The predicted molar refractivity (Wildman–Crippen MR) is 119 cm³/mol. The van der Waals surface area contributed by atoms with Gasteiger partial charge >= 0.3 is 0 Å². The minimum Gasteiger partial charge on any atom is -0.370 e. The van der Waals surface area contributed by atoms with E-state index in [1.54, 1.807) is 0 Å². The highest BCUT2D eigenvalue weighted by atomic mass is 35.5. The van der Waals surface area contributed by atoms with Gasteiger partial charge in [-0.05, 0) is 54.4 Å². The fourth-order valence-electron chi connectivity index (χ4n) is 4.07. The van der Waals surface area contributed by atoms with Crippen molar-refractivity contribution in [3.63, 3.8) is 0 Å². The summed E-state index contributed by atoms with van der Waals surface area (Å²) in [5.74, 6) is -1.62. The average Bonchev–Trinajstić information content (AvgIpc) is 2.76. The van der Waals surface area contributed by atoms with Crippen molar-refractivity contribution in [2.75, 3.05) is 6.54 Å². The van der Waals surface area contributed by atoms with Crippen molar-refractivity contribution in [1.82, 2.24) is 5.32 Å². The lowest BCUT2D eigenvalue weighted by molar-refractivity contribution is -0.138. The third-order valence-corrected chi connectivity index (χ3v) is 5.99. The fourth-order valence-corrected chi connectivity index (χ4v) is 4.19. The first-order chi connectivity index (χ1) is 14.8. The van der Waals surface area contributed by atoms with Crippen molar-refractivity contribution in [2.24, 2.45) is 22.4 Å². The summed E-state index contributed by atoms with van der Waals surface area (Å²) in [5.41, 5.74) is 12.6. The van der Waals surface area contributed by atoms with Crippen LogP contribution in [0.3, 0.4) is 0 Å². The molecule has 0 bridgehead atoms. The maximum absolute atomic E-state index is 13.6. The lowest BCUT2D eigenvalue weighted by Crippen LogP contribution is -2.47. The average molecular weight is 445 g/mol. The van der Waals surface area contributed by atoms with Crippen LogP contribution in [0.15, 0.2) is 53.5 Å². The predicted octanol–water partition coefficient (Wildman–Crippen LogP) is 2.93. The summed E-state index contributed by atoms with van der Waals surface area (Å²) in [7, 11) is 0. The Balaban J connectivity index is 1.66. The highest BCUT2D eigenvalue weighted by Crippen LogP contribution is 2.36. The summed E-state index contributed by atoms with van der Waals surface area (Å²) >= 11 is 5.66. The summed E-state index contributed by atoms with van der Waals surface area (Å²) in [6, 6.07) is 14.0. The SMILES string of the molecule is NC(N)=NCC1CC(c2ccccc2)CCC1NC(=O)C(=O)Cc1ccc(Cl)c(F)c1. The van der Waals surface area contributed by atoms with Crippen molar-refractivity contribution in [2.45, 2.75) is 37.6 Å². The van der Waals surface area contributed by atoms with Gasteiger partial charge in [0.25, 0.3) is 5.91 Å². The number of carbonyl (C=O) groups is 2. The molecule has 1 amide bonds. The van der Waals surface area contributed by atoms with Crippen molar-refractivity contribution in [3.8, 4) is 0 Å². The molecule has 1 saturated carbocycles. The van der Waals surface area contributed by atoms with Crippen LogP contribution < -0.4 is 16.8 Å². The quantitative estimate of drug-likeness (QED) is 0.346. The Hall–Kier alpha value is -2.93. The molecule has 6 nitrogen and oxygen atoms in total. The van der Waals surface area contributed by atoms with Gasteiger partial charge in [-0.25, -0.2) is 4.39 Å². The molecule has 3 unspecified atom stereocenters. The lowest BCUT2D eigenvalue weighted by Gasteiger charge is -2.36. The van der Waals surface area contributed by atoms with E-state index < -0.39 is 17.5 Å². The normalized spacial score (nSPS) is 20.6. The minimum atomic E-state index is -0.687. The number of hydrogen-bond acceptors (Lipinski definition) is 3. The molecule has 1 aliphatic rings. The highest BCUT2D eigenvalue weighted by molar-refractivity contribution is 6.36. The largest absolute Gasteiger partial charge is 0.370 e. The summed E-state index contributed by atoms with van der Waals surface area (Å²) in [6.45, 7) is 0.368. The number of nitrogens with two attached hydrogens (primary N) is 2. The Kier molecular flexibility index (Phi) is 7.63. The molecule has 0 spiro atoms. The number of aliphatic imine (C=N–C) groups is 1. The van der Waals surface area contributed by atoms with Crippen LogP contribution in [0, 0.1) is 11.7 Å². The molecule has 0 saturated heterocycles. The van der Waals surface area contributed by atoms with Crippen LogP contribution in [-0.4, -0.2) is 30.2 Å². The number of amides is 1. The number of guanidine groups is 1. The third kappa shape index (κ3) is 6.28. The Morgan fingerprint density at radius 1 is 1.13 bits per heavy atom. The molecule has 0 heterocycles. The van der Waals surface area contributed by atoms with Gasteiger partial charge in [0, 0.05) is 19.0 Å². The maximum atomic E-state index is 13.6. The zero-order valence-corrected chi connectivity index (χ0v) is 17.8. The molecule has 2 aromatic rings. The molecule has 164 valence electrons. The zero-order chi connectivity index (χ0) is 22.4. The first-order valence-electron chi connectivity index (χ1n) is 10.2. The van der Waals surface area contributed by atoms with E-state index in [-0.39, 0.29) is 29.4 Å². The lowest BCUT2D eigenvalue weighted by atomic mass is 9.75. The van der Waals surface area contributed by atoms with Crippen LogP contribution in [0.4, 0.5) is 4.39 Å². The fraction of sp³-hybridized carbons (Fsp3) is 0.348. The topological polar surface area (TPSA) is 111 Å². The van der Waals surface area contributed by atoms with Gasteiger partial charge < -0.3 is 16.8 Å². The van der Waals surface area contributed by atoms with E-state index in [2.05, 4.69) is 22.4 Å². The Bertz CT molecular complexity index is 963. The van der Waals surface area contributed by atoms with Crippen molar-refractivity contribution >= 4 is 29.3 Å². The molecule has 8 heteroatoms. The molecule has 3 rings (SSSR count). The number of nitrogens with one attached hydrogen (secondary N) is 1. The summed E-state index contributed by atoms with van der Waals surface area (Å²) in [4.78, 5) is 29.1. The minimum absolute atomic E-state index is 0.00671. The summed E-state index contributed by atoms with van der Waals surface area (Å²) < 4.78 is 13.6. The molecule has 2 aromatic carbocycles. The monoisotopic (exact) mass is 444 g/mol. The van der Waals surface area contributed by atoms with E-state index in [4.69, 9.17) is 23.1 Å². The first kappa shape index (κ1) is 22.7. The van der Waals surface area contributed by atoms with Gasteiger partial charge in [0.05, 0.1) is 5.02 Å². The van der Waals surface area contributed by atoms with Crippen LogP contribution in [0.25, 0.3) is 0 Å². The molecular weight excluding hydrogens is 419 g/mol. The van der Waals surface area contributed by atoms with Crippen LogP contribution >= 0.6 is 11.6 Å². The number of Topliss-reactive ketones (excluding diaryl/α,β-unsaturated/α-hetero) is 1.